The molecule has 14 heteroatoms. The highest BCUT2D eigenvalue weighted by molar-refractivity contribution is 5.95. The average Bonchev–Trinajstić information content (AvgIpc) is 3.90. The minimum absolute atomic E-state index is 0.0131. The van der Waals surface area contributed by atoms with E-state index in [1.807, 2.05) is 61.4 Å². The lowest BCUT2D eigenvalue weighted by Crippen LogP contribution is -2.81. The molecular weight excluding hydrogens is 772 g/mol. The number of fused-ring (bicyclic) bond motifs is 6. The van der Waals surface area contributed by atoms with Gasteiger partial charge in [0.05, 0.1) is 39.6 Å². The Kier molecular flexibility index (Phi) is 9.73. The van der Waals surface area contributed by atoms with Crippen LogP contribution < -0.4 is 9.64 Å². The number of esters is 3. The Balaban J connectivity index is 1.36. The molecule has 5 aliphatic heterocycles. The first-order chi connectivity index (χ1) is 28.7. The molecule has 2 bridgehead atoms. The quantitative estimate of drug-likeness (QED) is 0.171. The molecule has 1 aliphatic carbocycles. The number of carbonyl (C=O) groups excluding carboxylic acids is 3. The number of piperidine rings is 1. The fraction of sp³-hybridized carbons (Fsp3) is 0.587. The van der Waals surface area contributed by atoms with E-state index in [9.17, 15) is 24.2 Å². The molecule has 1 spiro atoms. The van der Waals surface area contributed by atoms with Gasteiger partial charge >= 0.3 is 17.9 Å². The van der Waals surface area contributed by atoms with Crippen LogP contribution in [0.4, 0.5) is 10.1 Å². The van der Waals surface area contributed by atoms with E-state index in [2.05, 4.69) is 20.9 Å². The SMILES string of the molecule is CC[C@]12C=CCN3CC[C@@]4(c5cc([C@@]6(C(=O)OC)C[C@@H]7CN(CCc8c6[nH]c6ccccc86)C[C@](O)(CCF)C7)c(OC)cc5N(C)[C@H]4[C@@](O)(C(=O)OC)[C@@H]1OC(C)=O)[C@@H]32. The summed E-state index contributed by atoms with van der Waals surface area (Å²) >= 11 is 0. The van der Waals surface area contributed by atoms with Gasteiger partial charge < -0.3 is 39.0 Å². The zero-order valence-corrected chi connectivity index (χ0v) is 35.4. The van der Waals surface area contributed by atoms with Crippen molar-refractivity contribution >= 4 is 34.5 Å². The molecule has 6 heterocycles. The molecule has 1 saturated carbocycles. The van der Waals surface area contributed by atoms with E-state index in [1.54, 1.807) is 7.11 Å². The lowest BCUT2D eigenvalue weighted by Gasteiger charge is -2.63. The molecule has 3 N–H and O–H groups in total. The lowest BCUT2D eigenvalue weighted by atomic mass is 9.47. The van der Waals surface area contributed by atoms with Gasteiger partial charge in [0.15, 0.2) is 6.10 Å². The molecule has 0 amide bonds. The fourth-order valence-electron chi connectivity index (χ4n) is 13.6. The van der Waals surface area contributed by atoms with E-state index in [1.165, 1.54) is 21.1 Å². The van der Waals surface area contributed by atoms with Gasteiger partial charge in [-0.25, -0.2) is 4.79 Å². The predicted octanol–water partition coefficient (Wildman–Crippen LogP) is 3.94. The second-order valence-corrected chi connectivity index (χ2v) is 18.3. The van der Waals surface area contributed by atoms with Crippen LogP contribution in [-0.2, 0) is 45.8 Å². The van der Waals surface area contributed by atoms with Crippen LogP contribution in [0.3, 0.4) is 0 Å². The summed E-state index contributed by atoms with van der Waals surface area (Å²) in [6.07, 6.45) is 4.77. The maximum absolute atomic E-state index is 15.3. The van der Waals surface area contributed by atoms with Crippen LogP contribution in [0.2, 0.25) is 0 Å². The largest absolute Gasteiger partial charge is 0.496 e. The first-order valence-corrected chi connectivity index (χ1v) is 21.3. The molecule has 0 radical (unpaired) electrons. The number of likely N-dealkylation sites (N-methyl/N-ethyl adjacent to an activating group) is 1. The highest BCUT2D eigenvalue weighted by Crippen LogP contribution is 2.68. The Morgan fingerprint density at radius 1 is 1.00 bits per heavy atom. The van der Waals surface area contributed by atoms with Gasteiger partial charge in [-0.05, 0) is 67.8 Å². The summed E-state index contributed by atoms with van der Waals surface area (Å²) in [5, 5.41) is 26.2. The van der Waals surface area contributed by atoms with Crippen molar-refractivity contribution in [1.29, 1.82) is 0 Å². The number of carbonyl (C=O) groups is 3. The number of anilines is 1. The van der Waals surface area contributed by atoms with Crippen LogP contribution >= 0.6 is 0 Å². The number of nitrogens with zero attached hydrogens (tertiary/aromatic N) is 3. The number of rotatable bonds is 8. The van der Waals surface area contributed by atoms with Gasteiger partial charge in [0.2, 0.25) is 5.60 Å². The predicted molar refractivity (Wildman–Crippen MR) is 221 cm³/mol. The number of methoxy groups -OCH3 is 3. The fourth-order valence-corrected chi connectivity index (χ4v) is 13.6. The Labute approximate surface area is 349 Å². The van der Waals surface area contributed by atoms with Crippen LogP contribution in [0.1, 0.15) is 68.3 Å². The Morgan fingerprint density at radius 3 is 2.47 bits per heavy atom. The van der Waals surface area contributed by atoms with Crippen LogP contribution in [0.25, 0.3) is 10.9 Å². The molecule has 10 atom stereocenters. The maximum Gasteiger partial charge on any atom is 0.344 e. The lowest BCUT2D eigenvalue weighted by molar-refractivity contribution is -0.228. The third kappa shape index (κ3) is 5.32. The molecule has 3 aromatic rings. The van der Waals surface area contributed by atoms with Crippen LogP contribution in [0.15, 0.2) is 48.6 Å². The average molecular weight is 829 g/mol. The monoisotopic (exact) mass is 828 g/mol. The van der Waals surface area contributed by atoms with Crippen LogP contribution in [0, 0.1) is 11.3 Å². The Morgan fingerprint density at radius 2 is 1.77 bits per heavy atom. The van der Waals surface area contributed by atoms with Gasteiger partial charge in [0, 0.05) is 97.4 Å². The highest BCUT2D eigenvalue weighted by Gasteiger charge is 2.80. The number of ether oxygens (including phenoxy) is 4. The molecule has 2 aromatic carbocycles. The van der Waals surface area contributed by atoms with E-state index in [0.717, 1.165) is 22.0 Å². The molecule has 2 saturated heterocycles. The number of para-hydroxylation sites is 1. The number of aliphatic hydroxyl groups is 2. The summed E-state index contributed by atoms with van der Waals surface area (Å²) in [6.45, 7) is 5.38. The van der Waals surface area contributed by atoms with E-state index < -0.39 is 64.2 Å². The van der Waals surface area contributed by atoms with E-state index >= 15 is 4.79 Å². The van der Waals surface area contributed by atoms with Crippen molar-refractivity contribution in [3.05, 3.63) is 70.9 Å². The van der Waals surface area contributed by atoms with Crippen molar-refractivity contribution in [2.24, 2.45) is 11.3 Å². The molecule has 60 heavy (non-hydrogen) atoms. The molecule has 6 aliphatic rings. The Hall–Kier alpha value is -4.50. The summed E-state index contributed by atoms with van der Waals surface area (Å²) < 4.78 is 37.9. The number of H-pyrrole nitrogens is 1. The number of hydrogen-bond donors (Lipinski definition) is 3. The number of alkyl halides is 1. The van der Waals surface area contributed by atoms with E-state index in [0.29, 0.717) is 74.7 Å². The van der Waals surface area contributed by atoms with Crippen molar-refractivity contribution in [2.45, 2.75) is 92.6 Å². The van der Waals surface area contributed by atoms with Crippen molar-refractivity contribution in [3.63, 3.8) is 0 Å². The van der Waals surface area contributed by atoms with Crippen molar-refractivity contribution in [1.82, 2.24) is 14.8 Å². The Bertz CT molecular complexity index is 2280. The molecule has 3 fully saturated rings. The number of hydrogen-bond acceptors (Lipinski definition) is 12. The topological polar surface area (TPSA) is 154 Å². The molecular formula is C46H57FN4O9. The smallest absolute Gasteiger partial charge is 0.344 e. The molecule has 9 rings (SSSR count). The van der Waals surface area contributed by atoms with Gasteiger partial charge in [-0.15, -0.1) is 0 Å². The summed E-state index contributed by atoms with van der Waals surface area (Å²) in [7, 11) is 6.02. The first-order valence-electron chi connectivity index (χ1n) is 21.3. The normalized spacial score (nSPS) is 36.5. The van der Waals surface area contributed by atoms with Crippen molar-refractivity contribution in [2.75, 3.05) is 72.7 Å². The van der Waals surface area contributed by atoms with Crippen molar-refractivity contribution < 1.29 is 47.9 Å². The van der Waals surface area contributed by atoms with Gasteiger partial charge in [-0.1, -0.05) is 37.3 Å². The third-order valence-electron chi connectivity index (χ3n) is 15.5. The standard InChI is InChI=1S/C46H57FN4O9/c1-7-43-14-10-18-51-20-16-44(37(43)51)31-21-32(35(57-4)22-34(31)49(3)38(44)46(56,41(54)59-6)39(43)60-27(2)52)45(40(53)58-5)24-28-23-42(55,15-17-47)26-50(25-28)19-13-30-29-11-8-9-12-33(29)48-36(30)45/h8-12,14,21-22,28,37-39,48,55-56H,7,13,15-20,23-26H2,1-6H3/t28-,37+,38-,39-,42+,43-,44-,45+,46+/m1/s1. The highest BCUT2D eigenvalue weighted by atomic mass is 19.1. The molecule has 1 unspecified atom stereocenters. The summed E-state index contributed by atoms with van der Waals surface area (Å²) in [5.41, 5.74) is -2.54. The number of nitrogens with one attached hydrogen (secondary N) is 1. The number of aromatic nitrogens is 1. The number of halogens is 1. The first kappa shape index (κ1) is 40.9. The summed E-state index contributed by atoms with van der Waals surface area (Å²) in [5.74, 6) is -1.90. The summed E-state index contributed by atoms with van der Waals surface area (Å²) in [4.78, 5) is 52.9. The number of benzene rings is 2. The van der Waals surface area contributed by atoms with Gasteiger partial charge in [-0.3, -0.25) is 23.8 Å². The second kappa shape index (κ2) is 14.3. The van der Waals surface area contributed by atoms with Gasteiger partial charge in [-0.2, -0.15) is 0 Å². The van der Waals surface area contributed by atoms with Gasteiger partial charge in [0.1, 0.15) is 11.2 Å². The minimum atomic E-state index is -2.33. The maximum atomic E-state index is 15.3. The zero-order valence-electron chi connectivity index (χ0n) is 35.4. The second-order valence-electron chi connectivity index (χ2n) is 18.3. The van der Waals surface area contributed by atoms with Crippen LogP contribution in [-0.4, -0.2) is 140 Å². The van der Waals surface area contributed by atoms with Crippen molar-refractivity contribution in [3.8, 4) is 5.75 Å². The zero-order chi connectivity index (χ0) is 42.6. The number of aromatic amines is 1. The van der Waals surface area contributed by atoms with E-state index in [-0.39, 0.29) is 31.2 Å². The van der Waals surface area contributed by atoms with Gasteiger partial charge in [0.25, 0.3) is 0 Å². The molecule has 322 valence electrons. The molecule has 1 aromatic heterocycles. The summed E-state index contributed by atoms with van der Waals surface area (Å²) in [6, 6.07) is 10.6. The minimum Gasteiger partial charge on any atom is -0.496 e. The third-order valence-corrected chi connectivity index (χ3v) is 15.5. The van der Waals surface area contributed by atoms with Crippen LogP contribution in [0.5, 0.6) is 5.75 Å². The van der Waals surface area contributed by atoms with E-state index in [4.69, 9.17) is 18.9 Å². The molecule has 13 nitrogen and oxygen atoms in total.